The molecule has 2 aromatic heterocycles. The molecule has 0 saturated heterocycles. The van der Waals surface area contributed by atoms with Crippen LogP contribution in [0.2, 0.25) is 5.28 Å². The molecule has 0 aliphatic carbocycles. The van der Waals surface area contributed by atoms with Crippen molar-refractivity contribution in [1.82, 2.24) is 19.5 Å². The zero-order valence-electron chi connectivity index (χ0n) is 12.1. The van der Waals surface area contributed by atoms with Crippen LogP contribution < -0.4 is 0 Å². The lowest BCUT2D eigenvalue weighted by Crippen LogP contribution is -2.17. The van der Waals surface area contributed by atoms with E-state index in [0.717, 1.165) is 0 Å². The Balaban J connectivity index is 2.26. The Hall–Kier alpha value is -2.67. The quantitative estimate of drug-likeness (QED) is 0.712. The van der Waals surface area contributed by atoms with Crippen LogP contribution in [-0.2, 0) is 4.79 Å². The predicted molar refractivity (Wildman–Crippen MR) is 84.4 cm³/mol. The Morgan fingerprint density at radius 3 is 2.83 bits per heavy atom. The van der Waals surface area contributed by atoms with Gasteiger partial charge in [-0.25, -0.2) is 14.8 Å². The average molecular weight is 333 g/mol. The van der Waals surface area contributed by atoms with E-state index >= 15 is 0 Å². The third kappa shape index (κ3) is 2.70. The van der Waals surface area contributed by atoms with Gasteiger partial charge in [-0.05, 0) is 30.2 Å². The summed E-state index contributed by atoms with van der Waals surface area (Å²) in [5.41, 5.74) is 1.83. The van der Waals surface area contributed by atoms with Gasteiger partial charge in [0, 0.05) is 5.56 Å². The van der Waals surface area contributed by atoms with E-state index in [1.807, 2.05) is 0 Å². The molecule has 0 spiro atoms. The largest absolute Gasteiger partial charge is 0.508 e. The van der Waals surface area contributed by atoms with Gasteiger partial charge in [0.2, 0.25) is 5.28 Å². The molecule has 1 aromatic carbocycles. The number of aliphatic carboxylic acids is 1. The van der Waals surface area contributed by atoms with Crippen LogP contribution in [0.5, 0.6) is 5.75 Å². The number of carbonyl (C=O) groups is 1. The van der Waals surface area contributed by atoms with Gasteiger partial charge in [-0.15, -0.1) is 0 Å². The highest BCUT2D eigenvalue weighted by Crippen LogP contribution is 2.30. The maximum atomic E-state index is 11.4. The molecule has 3 aromatic rings. The minimum Gasteiger partial charge on any atom is -0.508 e. The lowest BCUT2D eigenvalue weighted by atomic mass is 10.1. The highest BCUT2D eigenvalue weighted by Gasteiger charge is 2.22. The molecule has 1 atom stereocenters. The fraction of sp³-hybridized carbons (Fsp3) is 0.200. The Kier molecular flexibility index (Phi) is 3.87. The van der Waals surface area contributed by atoms with Crippen molar-refractivity contribution in [1.29, 1.82) is 0 Å². The van der Waals surface area contributed by atoms with Gasteiger partial charge in [-0.2, -0.15) is 4.98 Å². The topological polar surface area (TPSA) is 101 Å². The highest BCUT2D eigenvalue weighted by atomic mass is 35.5. The van der Waals surface area contributed by atoms with Gasteiger partial charge in [0.15, 0.2) is 5.65 Å². The first-order chi connectivity index (χ1) is 11.0. The van der Waals surface area contributed by atoms with Crippen LogP contribution in [0.3, 0.4) is 0 Å². The van der Waals surface area contributed by atoms with E-state index in [1.54, 1.807) is 25.1 Å². The molecule has 0 radical (unpaired) electrons. The first-order valence-electron chi connectivity index (χ1n) is 6.93. The Morgan fingerprint density at radius 1 is 1.39 bits per heavy atom. The van der Waals surface area contributed by atoms with E-state index in [1.165, 1.54) is 17.0 Å². The smallest absolute Gasteiger partial charge is 0.326 e. The summed E-state index contributed by atoms with van der Waals surface area (Å²) in [6.45, 7) is 1.77. The predicted octanol–water partition coefficient (Wildman–Crippen LogP) is 2.89. The molecule has 118 valence electrons. The number of carboxylic acids is 1. The van der Waals surface area contributed by atoms with Crippen molar-refractivity contribution in [2.75, 3.05) is 0 Å². The van der Waals surface area contributed by atoms with Gasteiger partial charge in [0.05, 0.1) is 6.33 Å². The number of hydrogen-bond acceptors (Lipinski definition) is 5. The first kappa shape index (κ1) is 15.2. The molecule has 23 heavy (non-hydrogen) atoms. The molecule has 2 N–H and O–H groups in total. The summed E-state index contributed by atoms with van der Waals surface area (Å²) in [4.78, 5) is 24.0. The minimum absolute atomic E-state index is 0.0159. The van der Waals surface area contributed by atoms with Crippen molar-refractivity contribution in [2.45, 2.75) is 19.4 Å². The number of rotatable bonds is 4. The Labute approximate surface area is 136 Å². The number of phenols is 1. The van der Waals surface area contributed by atoms with E-state index < -0.39 is 12.0 Å². The van der Waals surface area contributed by atoms with Crippen molar-refractivity contribution >= 4 is 28.7 Å². The van der Waals surface area contributed by atoms with Crippen molar-refractivity contribution in [3.63, 3.8) is 0 Å². The molecule has 0 bridgehead atoms. The SMILES string of the molecule is CCC(C(=O)O)n1cnc2c(-c3cccc(O)c3)nc(Cl)nc21. The molecule has 1 unspecified atom stereocenters. The summed E-state index contributed by atoms with van der Waals surface area (Å²) in [7, 11) is 0. The zero-order chi connectivity index (χ0) is 16.6. The number of carboxylic acid groups (broad SMARTS) is 1. The van der Waals surface area contributed by atoms with Crippen molar-refractivity contribution in [3.05, 3.63) is 35.9 Å². The monoisotopic (exact) mass is 332 g/mol. The van der Waals surface area contributed by atoms with E-state index in [2.05, 4.69) is 15.0 Å². The molecule has 8 heteroatoms. The molecule has 0 saturated carbocycles. The number of phenolic OH excluding ortho intramolecular Hbond substituents is 1. The van der Waals surface area contributed by atoms with E-state index in [0.29, 0.717) is 28.8 Å². The third-order valence-electron chi connectivity index (χ3n) is 3.52. The molecular formula is C15H13ClN4O3. The van der Waals surface area contributed by atoms with Crippen molar-refractivity contribution < 1.29 is 15.0 Å². The van der Waals surface area contributed by atoms with Crippen molar-refractivity contribution in [3.8, 4) is 17.0 Å². The fourth-order valence-electron chi connectivity index (χ4n) is 2.46. The number of nitrogens with zero attached hydrogens (tertiary/aromatic N) is 4. The molecule has 0 aliphatic heterocycles. The number of halogens is 1. The summed E-state index contributed by atoms with van der Waals surface area (Å²) in [6.07, 6.45) is 1.80. The summed E-state index contributed by atoms with van der Waals surface area (Å²) >= 11 is 6.00. The van der Waals surface area contributed by atoms with Gasteiger partial charge in [-0.3, -0.25) is 0 Å². The van der Waals surface area contributed by atoms with Crippen LogP contribution in [0.15, 0.2) is 30.6 Å². The molecule has 0 amide bonds. The zero-order valence-corrected chi connectivity index (χ0v) is 12.9. The molecule has 3 rings (SSSR count). The molecule has 0 aliphatic rings. The van der Waals surface area contributed by atoms with Crippen molar-refractivity contribution in [2.24, 2.45) is 0 Å². The van der Waals surface area contributed by atoms with E-state index in [-0.39, 0.29) is 11.0 Å². The summed E-state index contributed by atoms with van der Waals surface area (Å²) in [5.74, 6) is -0.887. The van der Waals surface area contributed by atoms with Crippen LogP contribution in [0.4, 0.5) is 0 Å². The second kappa shape index (κ2) is 5.85. The number of aromatic nitrogens is 4. The molecule has 0 fully saturated rings. The van der Waals surface area contributed by atoms with E-state index in [4.69, 9.17) is 11.6 Å². The number of fused-ring (bicyclic) bond motifs is 1. The van der Waals surface area contributed by atoms with E-state index in [9.17, 15) is 15.0 Å². The van der Waals surface area contributed by atoms with Gasteiger partial charge in [-0.1, -0.05) is 19.1 Å². The number of benzene rings is 1. The van der Waals surface area contributed by atoms with Crippen LogP contribution in [0.25, 0.3) is 22.4 Å². The Bertz CT molecular complexity index is 894. The third-order valence-corrected chi connectivity index (χ3v) is 3.69. The summed E-state index contributed by atoms with van der Waals surface area (Å²) in [5, 5.41) is 19.0. The highest BCUT2D eigenvalue weighted by molar-refractivity contribution is 6.28. The fourth-order valence-corrected chi connectivity index (χ4v) is 2.63. The lowest BCUT2D eigenvalue weighted by Gasteiger charge is -2.12. The second-order valence-electron chi connectivity index (χ2n) is 4.98. The number of hydrogen-bond donors (Lipinski definition) is 2. The minimum atomic E-state index is -0.972. The summed E-state index contributed by atoms with van der Waals surface area (Å²) < 4.78 is 1.47. The standard InChI is InChI=1S/C15H13ClN4O3/c1-2-10(14(22)23)20-7-17-12-11(18-15(16)19-13(12)20)8-4-3-5-9(21)6-8/h3-7,10,21H,2H2,1H3,(H,22,23). The molecular weight excluding hydrogens is 320 g/mol. The summed E-state index contributed by atoms with van der Waals surface area (Å²) in [6, 6.07) is 5.72. The molecule has 7 nitrogen and oxygen atoms in total. The first-order valence-corrected chi connectivity index (χ1v) is 7.31. The van der Waals surface area contributed by atoms with Gasteiger partial charge in [0.1, 0.15) is 23.0 Å². The van der Waals surface area contributed by atoms with Crippen LogP contribution >= 0.6 is 11.6 Å². The normalized spacial score (nSPS) is 12.4. The van der Waals surface area contributed by atoms with Crippen LogP contribution in [0, 0.1) is 0 Å². The Morgan fingerprint density at radius 2 is 2.17 bits per heavy atom. The van der Waals surface area contributed by atoms with Crippen LogP contribution in [0.1, 0.15) is 19.4 Å². The average Bonchev–Trinajstić information content (AvgIpc) is 2.90. The number of imidazole rings is 1. The van der Waals surface area contributed by atoms with Gasteiger partial charge in [0.25, 0.3) is 0 Å². The second-order valence-corrected chi connectivity index (χ2v) is 5.32. The lowest BCUT2D eigenvalue weighted by molar-refractivity contribution is -0.140. The van der Waals surface area contributed by atoms with Crippen LogP contribution in [-0.4, -0.2) is 35.7 Å². The number of aromatic hydroxyl groups is 1. The molecule has 2 heterocycles. The maximum Gasteiger partial charge on any atom is 0.326 e. The van der Waals surface area contributed by atoms with Gasteiger partial charge >= 0.3 is 5.97 Å². The maximum absolute atomic E-state index is 11.4. The van der Waals surface area contributed by atoms with Gasteiger partial charge < -0.3 is 14.8 Å².